The highest BCUT2D eigenvalue weighted by molar-refractivity contribution is 8.07. The second-order valence-electron chi connectivity index (χ2n) is 5.43. The van der Waals surface area contributed by atoms with Crippen LogP contribution in [0.25, 0.3) is 11.4 Å². The maximum atomic E-state index is 6.04. The number of hydrogen-bond donors (Lipinski definition) is 0. The first-order valence-electron chi connectivity index (χ1n) is 7.40. The second-order valence-corrected chi connectivity index (χ2v) is 7.81. The maximum absolute atomic E-state index is 6.04. The molecule has 0 radical (unpaired) electrons. The number of thioether (sulfide) groups is 2. The molecule has 0 amide bonds. The van der Waals surface area contributed by atoms with Crippen molar-refractivity contribution in [1.82, 2.24) is 14.9 Å². The van der Waals surface area contributed by atoms with Crippen LogP contribution in [-0.4, -0.2) is 14.9 Å². The largest absolute Gasteiger partial charge is 0.252 e. The van der Waals surface area contributed by atoms with E-state index >= 15 is 0 Å². The molecular formula is C17H11ClN4S2. The fourth-order valence-corrected chi connectivity index (χ4v) is 5.21. The summed E-state index contributed by atoms with van der Waals surface area (Å²) >= 11 is 9.48. The number of hydrogen-bond acceptors (Lipinski definition) is 5. The van der Waals surface area contributed by atoms with E-state index in [9.17, 15) is 0 Å². The molecule has 1 aromatic heterocycles. The lowest BCUT2D eigenvalue weighted by Crippen LogP contribution is -2.29. The van der Waals surface area contributed by atoms with Crippen LogP contribution in [0.1, 0.15) is 10.9 Å². The second kappa shape index (κ2) is 5.58. The minimum absolute atomic E-state index is 0.157. The van der Waals surface area contributed by atoms with Crippen LogP contribution in [0.15, 0.2) is 70.2 Å². The molecule has 2 aliphatic heterocycles. The lowest BCUT2D eigenvalue weighted by atomic mass is 10.2. The highest BCUT2D eigenvalue weighted by Gasteiger charge is 2.39. The molecule has 0 bridgehead atoms. The Balaban J connectivity index is 1.60. The average molecular weight is 371 g/mol. The van der Waals surface area contributed by atoms with Crippen LogP contribution < -0.4 is 5.01 Å². The van der Waals surface area contributed by atoms with Crippen LogP contribution in [0.2, 0.25) is 5.02 Å². The number of halogens is 1. The molecule has 0 aliphatic carbocycles. The first kappa shape index (κ1) is 14.5. The first-order chi connectivity index (χ1) is 11.8. The Labute approximate surface area is 152 Å². The van der Waals surface area contributed by atoms with Crippen LogP contribution in [0, 0.1) is 0 Å². The Kier molecular flexibility index (Phi) is 3.36. The van der Waals surface area contributed by atoms with Crippen molar-refractivity contribution < 1.29 is 0 Å². The molecule has 3 heterocycles. The van der Waals surface area contributed by atoms with Gasteiger partial charge in [-0.1, -0.05) is 65.8 Å². The first-order valence-corrected chi connectivity index (χ1v) is 9.54. The van der Waals surface area contributed by atoms with Crippen LogP contribution in [0.3, 0.4) is 0 Å². The van der Waals surface area contributed by atoms with Crippen molar-refractivity contribution >= 4 is 35.1 Å². The fraction of sp³-hybridized carbons (Fsp3) is 0.0588. The van der Waals surface area contributed by atoms with Crippen LogP contribution >= 0.6 is 35.1 Å². The van der Waals surface area contributed by atoms with Gasteiger partial charge in [-0.15, -0.1) is 10.2 Å². The van der Waals surface area contributed by atoms with Gasteiger partial charge in [0.05, 0.1) is 0 Å². The number of nitrogens with zero attached hydrogens (tertiary/aromatic N) is 4. The zero-order valence-electron chi connectivity index (χ0n) is 12.3. The lowest BCUT2D eigenvalue weighted by Gasteiger charge is -2.25. The van der Waals surface area contributed by atoms with Crippen LogP contribution in [0.4, 0.5) is 0 Å². The van der Waals surface area contributed by atoms with Crippen molar-refractivity contribution in [3.8, 4) is 11.4 Å². The van der Waals surface area contributed by atoms with E-state index in [0.717, 1.165) is 21.6 Å². The highest BCUT2D eigenvalue weighted by atomic mass is 35.5. The molecular weight excluding hydrogens is 360 g/mol. The summed E-state index contributed by atoms with van der Waals surface area (Å²) in [5.74, 6) is 0.864. The van der Waals surface area contributed by atoms with E-state index < -0.39 is 0 Å². The maximum Gasteiger partial charge on any atom is 0.217 e. The minimum atomic E-state index is 0.157. The highest BCUT2D eigenvalue weighted by Crippen LogP contribution is 2.51. The van der Waals surface area contributed by atoms with E-state index in [-0.39, 0.29) is 5.37 Å². The molecule has 0 spiro atoms. The standard InChI is InChI=1S/C17H11ClN4S2/c18-13-8-6-12(7-9-13)16-21-14(10-23-16)24-17-20-19-15(22(17)21)11-4-2-1-3-5-11/h1-10,16H/t16-/m0/s1. The molecule has 118 valence electrons. The molecule has 1 atom stereocenters. The molecule has 24 heavy (non-hydrogen) atoms. The van der Waals surface area contributed by atoms with Gasteiger partial charge in [0.25, 0.3) is 0 Å². The van der Waals surface area contributed by atoms with Crippen molar-refractivity contribution in [2.45, 2.75) is 10.5 Å². The predicted molar refractivity (Wildman–Crippen MR) is 99.4 cm³/mol. The third-order valence-corrected chi connectivity index (χ3v) is 6.40. The molecule has 2 aliphatic rings. The molecule has 0 fully saturated rings. The normalized spacial score (nSPS) is 18.5. The molecule has 3 aromatic rings. The molecule has 5 rings (SSSR count). The van der Waals surface area contributed by atoms with Gasteiger partial charge in [-0.25, -0.2) is 4.68 Å². The Bertz CT molecular complexity index is 937. The van der Waals surface area contributed by atoms with Crippen molar-refractivity contribution in [2.75, 3.05) is 5.01 Å². The van der Waals surface area contributed by atoms with Gasteiger partial charge in [0.15, 0.2) is 5.82 Å². The molecule has 0 N–H and O–H groups in total. The summed E-state index contributed by atoms with van der Waals surface area (Å²) in [6.07, 6.45) is 0. The number of rotatable bonds is 2. The van der Waals surface area contributed by atoms with E-state index in [2.05, 4.69) is 49.6 Å². The summed E-state index contributed by atoms with van der Waals surface area (Å²) in [5.41, 5.74) is 2.27. The van der Waals surface area contributed by atoms with Gasteiger partial charge in [-0.05, 0) is 29.5 Å². The predicted octanol–water partition coefficient (Wildman–Crippen LogP) is 4.89. The van der Waals surface area contributed by atoms with Gasteiger partial charge in [0.2, 0.25) is 5.16 Å². The Hall–Kier alpha value is -1.89. The van der Waals surface area contributed by atoms with Gasteiger partial charge in [-0.2, -0.15) is 0 Å². The SMILES string of the molecule is Clc1ccc([C@@H]2SC=C3Sc4nnc(-c5ccccc5)n4N32)cc1. The third-order valence-electron chi connectivity index (χ3n) is 3.96. The van der Waals surface area contributed by atoms with E-state index in [0.29, 0.717) is 0 Å². The van der Waals surface area contributed by atoms with Crippen molar-refractivity contribution in [2.24, 2.45) is 0 Å². The molecule has 4 nitrogen and oxygen atoms in total. The Morgan fingerprint density at radius 3 is 2.54 bits per heavy atom. The number of fused-ring (bicyclic) bond motifs is 3. The smallest absolute Gasteiger partial charge is 0.217 e. The minimum Gasteiger partial charge on any atom is -0.252 e. The summed E-state index contributed by atoms with van der Waals surface area (Å²) in [5, 5.41) is 16.2. The van der Waals surface area contributed by atoms with Crippen LogP contribution in [0.5, 0.6) is 0 Å². The van der Waals surface area contributed by atoms with Crippen molar-refractivity contribution in [3.05, 3.63) is 75.6 Å². The van der Waals surface area contributed by atoms with Gasteiger partial charge >= 0.3 is 0 Å². The zero-order valence-corrected chi connectivity index (χ0v) is 14.7. The molecule has 0 unspecified atom stereocenters. The van der Waals surface area contributed by atoms with E-state index in [1.165, 1.54) is 10.6 Å². The molecule has 2 aromatic carbocycles. The third kappa shape index (κ3) is 2.17. The fourth-order valence-electron chi connectivity index (χ4n) is 2.86. The van der Waals surface area contributed by atoms with E-state index in [1.54, 1.807) is 23.5 Å². The Morgan fingerprint density at radius 2 is 1.75 bits per heavy atom. The van der Waals surface area contributed by atoms with E-state index in [4.69, 9.17) is 11.6 Å². The Morgan fingerprint density at radius 1 is 0.958 bits per heavy atom. The molecule has 7 heteroatoms. The van der Waals surface area contributed by atoms with Gasteiger partial charge in [-0.3, -0.25) is 5.01 Å². The lowest BCUT2D eigenvalue weighted by molar-refractivity contribution is 0.639. The summed E-state index contributed by atoms with van der Waals surface area (Å²) in [7, 11) is 0. The monoisotopic (exact) mass is 370 g/mol. The van der Waals surface area contributed by atoms with E-state index in [1.807, 2.05) is 30.3 Å². The molecule has 0 saturated heterocycles. The van der Waals surface area contributed by atoms with Gasteiger partial charge in [0, 0.05) is 16.0 Å². The summed E-state index contributed by atoms with van der Waals surface area (Å²) in [6, 6.07) is 18.2. The summed E-state index contributed by atoms with van der Waals surface area (Å²) in [4.78, 5) is 0. The van der Waals surface area contributed by atoms with Crippen molar-refractivity contribution in [1.29, 1.82) is 0 Å². The van der Waals surface area contributed by atoms with Crippen LogP contribution in [-0.2, 0) is 0 Å². The topological polar surface area (TPSA) is 34.0 Å². The summed E-state index contributed by atoms with van der Waals surface area (Å²) in [6.45, 7) is 0. The quantitative estimate of drug-likeness (QED) is 0.641. The number of aromatic nitrogens is 3. The zero-order chi connectivity index (χ0) is 16.1. The van der Waals surface area contributed by atoms with Gasteiger partial charge < -0.3 is 0 Å². The van der Waals surface area contributed by atoms with Crippen molar-refractivity contribution in [3.63, 3.8) is 0 Å². The summed E-state index contributed by atoms with van der Waals surface area (Å²) < 4.78 is 2.12. The van der Waals surface area contributed by atoms with Gasteiger partial charge in [0.1, 0.15) is 10.4 Å². The molecule has 0 saturated carbocycles. The average Bonchev–Trinajstić information content (AvgIpc) is 3.27. The number of benzene rings is 2.